The normalized spacial score (nSPS) is 10.5. The summed E-state index contributed by atoms with van der Waals surface area (Å²) in [6.45, 7) is 6.95. The van der Waals surface area contributed by atoms with Crippen molar-refractivity contribution in [3.8, 4) is 0 Å². The van der Waals surface area contributed by atoms with Crippen LogP contribution in [0, 0.1) is 5.92 Å². The highest BCUT2D eigenvalue weighted by Crippen LogP contribution is 2.12. The van der Waals surface area contributed by atoms with Crippen molar-refractivity contribution in [3.05, 3.63) is 23.4 Å². The lowest BCUT2D eigenvalue weighted by molar-refractivity contribution is 0.0949. The van der Waals surface area contributed by atoms with Crippen molar-refractivity contribution < 1.29 is 4.79 Å². The first-order valence-corrected chi connectivity index (χ1v) is 6.53. The van der Waals surface area contributed by atoms with E-state index >= 15 is 0 Å². The third kappa shape index (κ3) is 4.35. The van der Waals surface area contributed by atoms with E-state index in [0.717, 1.165) is 24.4 Å². The van der Waals surface area contributed by atoms with Crippen molar-refractivity contribution in [1.82, 2.24) is 10.3 Å². The molecule has 0 spiro atoms. The maximum absolute atomic E-state index is 12.0. The van der Waals surface area contributed by atoms with Gasteiger partial charge in [-0.15, -0.1) is 0 Å². The molecule has 0 unspecified atom stereocenters. The minimum absolute atomic E-state index is 0.0278. The van der Waals surface area contributed by atoms with Crippen LogP contribution < -0.4 is 10.6 Å². The molecule has 1 amide bonds. The van der Waals surface area contributed by atoms with Crippen molar-refractivity contribution in [2.45, 2.75) is 33.6 Å². The number of carbonyl (C=O) groups is 1. The molecule has 18 heavy (non-hydrogen) atoms. The predicted octanol–water partition coefficient (Wildman–Crippen LogP) is 2.46. The van der Waals surface area contributed by atoms with Gasteiger partial charge < -0.3 is 10.6 Å². The molecule has 0 aliphatic rings. The van der Waals surface area contributed by atoms with E-state index in [2.05, 4.69) is 36.4 Å². The summed E-state index contributed by atoms with van der Waals surface area (Å²) in [6.07, 6.45) is 1.91. The Morgan fingerprint density at radius 3 is 2.67 bits per heavy atom. The van der Waals surface area contributed by atoms with Gasteiger partial charge in [-0.2, -0.15) is 0 Å². The standard InChI is InChI=1S/C14H23N3O/c1-5-6-12-7-11(8-13(15-4)17-12)14(18)16-9-10(2)3/h7-8,10H,5-6,9H2,1-4H3,(H,15,17)(H,16,18). The summed E-state index contributed by atoms with van der Waals surface area (Å²) in [6, 6.07) is 3.66. The summed E-state index contributed by atoms with van der Waals surface area (Å²) >= 11 is 0. The molecule has 1 heterocycles. The fourth-order valence-electron chi connectivity index (χ4n) is 1.63. The van der Waals surface area contributed by atoms with Gasteiger partial charge in [0.2, 0.25) is 0 Å². The molecule has 1 aromatic rings. The Hall–Kier alpha value is -1.58. The Morgan fingerprint density at radius 1 is 1.39 bits per heavy atom. The summed E-state index contributed by atoms with van der Waals surface area (Å²) < 4.78 is 0. The van der Waals surface area contributed by atoms with Gasteiger partial charge in [-0.1, -0.05) is 27.2 Å². The molecular weight excluding hydrogens is 226 g/mol. The first-order chi connectivity index (χ1) is 8.56. The van der Waals surface area contributed by atoms with Crippen LogP contribution in [-0.4, -0.2) is 24.5 Å². The van der Waals surface area contributed by atoms with Crippen LogP contribution in [0.25, 0.3) is 0 Å². The molecule has 0 saturated carbocycles. The molecule has 0 fully saturated rings. The first kappa shape index (κ1) is 14.5. The molecule has 2 N–H and O–H groups in total. The monoisotopic (exact) mass is 249 g/mol. The molecule has 0 aliphatic carbocycles. The van der Waals surface area contributed by atoms with E-state index in [9.17, 15) is 4.79 Å². The van der Waals surface area contributed by atoms with Crippen molar-refractivity contribution in [2.24, 2.45) is 5.92 Å². The van der Waals surface area contributed by atoms with E-state index in [4.69, 9.17) is 0 Å². The first-order valence-electron chi connectivity index (χ1n) is 6.53. The van der Waals surface area contributed by atoms with Crippen LogP contribution in [0.1, 0.15) is 43.2 Å². The number of nitrogens with zero attached hydrogens (tertiary/aromatic N) is 1. The number of amides is 1. The average Bonchev–Trinajstić information content (AvgIpc) is 2.35. The summed E-state index contributed by atoms with van der Waals surface area (Å²) in [7, 11) is 1.81. The van der Waals surface area contributed by atoms with Crippen LogP contribution >= 0.6 is 0 Å². The number of hydrogen-bond acceptors (Lipinski definition) is 3. The molecule has 0 bridgehead atoms. The van der Waals surface area contributed by atoms with E-state index in [1.807, 2.05) is 13.1 Å². The summed E-state index contributed by atoms with van der Waals surface area (Å²) in [5.74, 6) is 1.17. The van der Waals surface area contributed by atoms with E-state index in [1.165, 1.54) is 0 Å². The van der Waals surface area contributed by atoms with Gasteiger partial charge in [0, 0.05) is 24.8 Å². The van der Waals surface area contributed by atoms with Gasteiger partial charge in [-0.25, -0.2) is 4.98 Å². The Kier molecular flexibility index (Phi) is 5.62. The molecule has 1 aromatic heterocycles. The molecule has 4 nitrogen and oxygen atoms in total. The van der Waals surface area contributed by atoms with E-state index in [-0.39, 0.29) is 5.91 Å². The zero-order valence-corrected chi connectivity index (χ0v) is 11.7. The Bertz CT molecular complexity index is 402. The average molecular weight is 249 g/mol. The third-order valence-electron chi connectivity index (χ3n) is 2.57. The smallest absolute Gasteiger partial charge is 0.251 e. The second kappa shape index (κ2) is 6.99. The second-order valence-corrected chi connectivity index (χ2v) is 4.84. The van der Waals surface area contributed by atoms with Crippen LogP contribution in [0.15, 0.2) is 12.1 Å². The molecule has 0 radical (unpaired) electrons. The lowest BCUT2D eigenvalue weighted by Gasteiger charge is -2.10. The Morgan fingerprint density at radius 2 is 2.11 bits per heavy atom. The number of aryl methyl sites for hydroxylation is 1. The van der Waals surface area contributed by atoms with Crippen LogP contribution in [0.4, 0.5) is 5.82 Å². The zero-order chi connectivity index (χ0) is 13.5. The Balaban J connectivity index is 2.85. The lowest BCUT2D eigenvalue weighted by Crippen LogP contribution is -2.27. The van der Waals surface area contributed by atoms with E-state index in [0.29, 0.717) is 18.0 Å². The fraction of sp³-hybridized carbons (Fsp3) is 0.571. The largest absolute Gasteiger partial charge is 0.373 e. The molecule has 0 aliphatic heterocycles. The molecule has 0 aromatic carbocycles. The van der Waals surface area contributed by atoms with Crippen LogP contribution in [0.2, 0.25) is 0 Å². The molecule has 0 saturated heterocycles. The zero-order valence-electron chi connectivity index (χ0n) is 11.7. The second-order valence-electron chi connectivity index (χ2n) is 4.84. The highest BCUT2D eigenvalue weighted by atomic mass is 16.1. The maximum Gasteiger partial charge on any atom is 0.251 e. The van der Waals surface area contributed by atoms with Gasteiger partial charge in [0.25, 0.3) is 5.91 Å². The van der Waals surface area contributed by atoms with Gasteiger partial charge in [0.1, 0.15) is 5.82 Å². The van der Waals surface area contributed by atoms with Crippen molar-refractivity contribution in [1.29, 1.82) is 0 Å². The minimum atomic E-state index is -0.0278. The number of nitrogens with one attached hydrogen (secondary N) is 2. The van der Waals surface area contributed by atoms with E-state index in [1.54, 1.807) is 6.07 Å². The summed E-state index contributed by atoms with van der Waals surface area (Å²) in [4.78, 5) is 16.4. The van der Waals surface area contributed by atoms with Gasteiger partial charge in [-0.3, -0.25) is 4.79 Å². The summed E-state index contributed by atoms with van der Waals surface area (Å²) in [5, 5.41) is 5.92. The number of rotatable bonds is 6. The van der Waals surface area contributed by atoms with Gasteiger partial charge >= 0.3 is 0 Å². The fourth-order valence-corrected chi connectivity index (χ4v) is 1.63. The van der Waals surface area contributed by atoms with Crippen molar-refractivity contribution in [3.63, 3.8) is 0 Å². The van der Waals surface area contributed by atoms with Crippen molar-refractivity contribution in [2.75, 3.05) is 18.9 Å². The number of hydrogen-bond donors (Lipinski definition) is 2. The SMILES string of the molecule is CCCc1cc(C(=O)NCC(C)C)cc(NC)n1. The van der Waals surface area contributed by atoms with Crippen LogP contribution in [0.5, 0.6) is 0 Å². The van der Waals surface area contributed by atoms with Gasteiger partial charge in [0.05, 0.1) is 0 Å². The number of pyridine rings is 1. The van der Waals surface area contributed by atoms with Crippen LogP contribution in [-0.2, 0) is 6.42 Å². The van der Waals surface area contributed by atoms with E-state index < -0.39 is 0 Å². The predicted molar refractivity (Wildman–Crippen MR) is 74.9 cm³/mol. The molecule has 0 atom stereocenters. The van der Waals surface area contributed by atoms with Gasteiger partial charge in [0.15, 0.2) is 0 Å². The maximum atomic E-state index is 12.0. The number of anilines is 1. The number of carbonyl (C=O) groups excluding carboxylic acids is 1. The molecule has 100 valence electrons. The van der Waals surface area contributed by atoms with Crippen molar-refractivity contribution >= 4 is 11.7 Å². The molecular formula is C14H23N3O. The van der Waals surface area contributed by atoms with Gasteiger partial charge in [-0.05, 0) is 24.5 Å². The lowest BCUT2D eigenvalue weighted by atomic mass is 10.1. The highest BCUT2D eigenvalue weighted by Gasteiger charge is 2.09. The molecule has 4 heteroatoms. The molecule has 1 rings (SSSR count). The summed E-state index contributed by atoms with van der Waals surface area (Å²) in [5.41, 5.74) is 1.64. The third-order valence-corrected chi connectivity index (χ3v) is 2.57. The minimum Gasteiger partial charge on any atom is -0.373 e. The van der Waals surface area contributed by atoms with Crippen LogP contribution in [0.3, 0.4) is 0 Å². The quantitative estimate of drug-likeness (QED) is 0.814. The topological polar surface area (TPSA) is 54.0 Å². The Labute approximate surface area is 109 Å². The number of aromatic nitrogens is 1. The highest BCUT2D eigenvalue weighted by molar-refractivity contribution is 5.95.